The van der Waals surface area contributed by atoms with Crippen molar-refractivity contribution >= 4 is 5.78 Å². The first-order valence-electron chi connectivity index (χ1n) is 3.92. The van der Waals surface area contributed by atoms with Gasteiger partial charge >= 0.3 is 0 Å². The number of Topliss-reactive ketones (excluding diaryl/α,β-unsaturated/α-hetero) is 1. The second-order valence-electron chi connectivity index (χ2n) is 3.31. The highest BCUT2D eigenvalue weighted by Crippen LogP contribution is 2.47. The quantitative estimate of drug-likeness (QED) is 0.486. The number of allylic oxidation sites excluding steroid dienone is 2. The summed E-state index contributed by atoms with van der Waals surface area (Å²) in [5.74, 6) is 0.182. The minimum absolute atomic E-state index is 0.0683. The Morgan fingerprint density at radius 1 is 1.73 bits per heavy atom. The molecule has 2 heteroatoms. The van der Waals surface area contributed by atoms with Crippen molar-refractivity contribution in [2.45, 2.75) is 19.3 Å². The van der Waals surface area contributed by atoms with Gasteiger partial charge in [-0.2, -0.15) is 5.26 Å². The minimum Gasteiger partial charge on any atom is -0.299 e. The Morgan fingerprint density at radius 3 is 3.00 bits per heavy atom. The van der Waals surface area contributed by atoms with E-state index in [0.717, 1.165) is 12.8 Å². The molecular formula is C9H9NO. The highest BCUT2D eigenvalue weighted by Gasteiger charge is 2.47. The lowest BCUT2D eigenvalue weighted by atomic mass is 9.60. The van der Waals surface area contributed by atoms with Crippen molar-refractivity contribution in [3.05, 3.63) is 12.2 Å². The topological polar surface area (TPSA) is 40.9 Å². The second kappa shape index (κ2) is 1.94. The van der Waals surface area contributed by atoms with Crippen LogP contribution in [0.3, 0.4) is 0 Å². The lowest BCUT2D eigenvalue weighted by molar-refractivity contribution is -0.126. The first-order chi connectivity index (χ1) is 5.28. The number of hydrogen-bond acceptors (Lipinski definition) is 2. The van der Waals surface area contributed by atoms with E-state index in [-0.39, 0.29) is 11.7 Å². The summed E-state index contributed by atoms with van der Waals surface area (Å²) in [6.45, 7) is 0. The van der Waals surface area contributed by atoms with Crippen LogP contribution in [0.15, 0.2) is 12.2 Å². The van der Waals surface area contributed by atoms with Crippen molar-refractivity contribution in [3.8, 4) is 6.07 Å². The standard InChI is InChI=1S/C9H9NO/c10-6-9-4-1-2-8(11)7(9)3-5-9/h3,5,7H,1-2,4H2/t7?,9-/m1/s1. The summed E-state index contributed by atoms with van der Waals surface area (Å²) in [6, 6.07) is 2.24. The smallest absolute Gasteiger partial charge is 0.141 e. The Labute approximate surface area is 65.5 Å². The van der Waals surface area contributed by atoms with Gasteiger partial charge in [-0.15, -0.1) is 0 Å². The van der Waals surface area contributed by atoms with Crippen LogP contribution in [-0.2, 0) is 4.79 Å². The molecule has 0 N–H and O–H groups in total. The molecule has 2 nitrogen and oxygen atoms in total. The van der Waals surface area contributed by atoms with Gasteiger partial charge in [-0.25, -0.2) is 0 Å². The molecule has 0 spiro atoms. The Morgan fingerprint density at radius 2 is 2.55 bits per heavy atom. The van der Waals surface area contributed by atoms with Gasteiger partial charge in [0.05, 0.1) is 17.4 Å². The third-order valence-electron chi connectivity index (χ3n) is 2.71. The SMILES string of the molecule is N#C[C@@]12C=CC1C(=O)CCC2. The number of nitrogens with zero attached hydrogens (tertiary/aromatic N) is 1. The Balaban J connectivity index is 2.33. The maximum atomic E-state index is 11.2. The van der Waals surface area contributed by atoms with Crippen molar-refractivity contribution < 1.29 is 4.79 Å². The molecule has 0 bridgehead atoms. The lowest BCUT2D eigenvalue weighted by Crippen LogP contribution is -2.41. The van der Waals surface area contributed by atoms with Crippen LogP contribution in [0.2, 0.25) is 0 Å². The summed E-state index contributed by atoms with van der Waals surface area (Å²) in [7, 11) is 0. The second-order valence-corrected chi connectivity index (χ2v) is 3.31. The molecule has 0 aromatic heterocycles. The molecule has 1 saturated carbocycles. The van der Waals surface area contributed by atoms with E-state index in [0.29, 0.717) is 6.42 Å². The zero-order valence-corrected chi connectivity index (χ0v) is 6.21. The molecule has 0 radical (unpaired) electrons. The van der Waals surface area contributed by atoms with Crippen LogP contribution >= 0.6 is 0 Å². The largest absolute Gasteiger partial charge is 0.299 e. The molecule has 0 amide bonds. The highest BCUT2D eigenvalue weighted by molar-refractivity contribution is 5.87. The molecule has 1 unspecified atom stereocenters. The van der Waals surface area contributed by atoms with Gasteiger partial charge in [0.2, 0.25) is 0 Å². The van der Waals surface area contributed by atoms with Crippen molar-refractivity contribution in [1.82, 2.24) is 0 Å². The molecule has 0 aromatic carbocycles. The third-order valence-corrected chi connectivity index (χ3v) is 2.71. The van der Waals surface area contributed by atoms with E-state index in [1.165, 1.54) is 0 Å². The average molecular weight is 147 g/mol. The van der Waals surface area contributed by atoms with Crippen LogP contribution in [-0.4, -0.2) is 5.78 Å². The summed E-state index contributed by atoms with van der Waals surface area (Å²) in [5, 5.41) is 8.84. The van der Waals surface area contributed by atoms with E-state index >= 15 is 0 Å². The fourth-order valence-corrected chi connectivity index (χ4v) is 1.93. The number of rotatable bonds is 0. The first kappa shape index (κ1) is 6.60. The van der Waals surface area contributed by atoms with Crippen molar-refractivity contribution in [3.63, 3.8) is 0 Å². The van der Waals surface area contributed by atoms with Crippen LogP contribution in [0.1, 0.15) is 19.3 Å². The maximum Gasteiger partial charge on any atom is 0.141 e. The number of hydrogen-bond donors (Lipinski definition) is 0. The van der Waals surface area contributed by atoms with Crippen LogP contribution in [0.4, 0.5) is 0 Å². The van der Waals surface area contributed by atoms with Crippen LogP contribution in [0, 0.1) is 22.7 Å². The van der Waals surface area contributed by atoms with Gasteiger partial charge in [0, 0.05) is 6.42 Å². The van der Waals surface area contributed by atoms with Gasteiger partial charge in [0.25, 0.3) is 0 Å². The molecule has 0 heterocycles. The molecule has 1 fully saturated rings. The lowest BCUT2D eigenvalue weighted by Gasteiger charge is -2.40. The number of fused-ring (bicyclic) bond motifs is 1. The van der Waals surface area contributed by atoms with Crippen molar-refractivity contribution in [1.29, 1.82) is 5.26 Å². The number of carbonyl (C=O) groups is 1. The summed E-state index contributed by atoms with van der Waals surface area (Å²) in [4.78, 5) is 11.2. The Bertz CT molecular complexity index is 274. The van der Waals surface area contributed by atoms with Crippen molar-refractivity contribution in [2.75, 3.05) is 0 Å². The molecule has 2 aliphatic carbocycles. The fourth-order valence-electron chi connectivity index (χ4n) is 1.93. The fraction of sp³-hybridized carbons (Fsp3) is 0.556. The van der Waals surface area contributed by atoms with Gasteiger partial charge < -0.3 is 0 Å². The van der Waals surface area contributed by atoms with E-state index in [2.05, 4.69) is 6.07 Å². The zero-order valence-electron chi connectivity index (χ0n) is 6.21. The minimum atomic E-state index is -0.394. The molecule has 56 valence electrons. The predicted octanol–water partition coefficient (Wildman–Crippen LogP) is 1.44. The van der Waals surface area contributed by atoms with E-state index in [4.69, 9.17) is 5.26 Å². The molecule has 2 atom stereocenters. The Hall–Kier alpha value is -1.10. The van der Waals surface area contributed by atoms with Gasteiger partial charge in [0.1, 0.15) is 5.78 Å². The van der Waals surface area contributed by atoms with Crippen LogP contribution < -0.4 is 0 Å². The predicted molar refractivity (Wildman–Crippen MR) is 39.5 cm³/mol. The molecule has 0 aliphatic heterocycles. The molecule has 0 aromatic rings. The molecule has 2 aliphatic rings. The van der Waals surface area contributed by atoms with Crippen molar-refractivity contribution in [2.24, 2.45) is 11.3 Å². The number of carbonyl (C=O) groups excluding carboxylic acids is 1. The number of nitriles is 1. The monoisotopic (exact) mass is 147 g/mol. The molecule has 2 rings (SSSR count). The van der Waals surface area contributed by atoms with Gasteiger partial charge in [-0.1, -0.05) is 12.2 Å². The first-order valence-corrected chi connectivity index (χ1v) is 3.92. The summed E-state index contributed by atoms with van der Waals surface area (Å²) in [6.07, 6.45) is 6.17. The van der Waals surface area contributed by atoms with E-state index in [1.807, 2.05) is 12.2 Å². The molecular weight excluding hydrogens is 138 g/mol. The van der Waals surface area contributed by atoms with Crippen LogP contribution in [0.5, 0.6) is 0 Å². The third kappa shape index (κ3) is 0.683. The van der Waals surface area contributed by atoms with Gasteiger partial charge in [0.15, 0.2) is 0 Å². The molecule has 0 saturated heterocycles. The van der Waals surface area contributed by atoms with Crippen LogP contribution in [0.25, 0.3) is 0 Å². The van der Waals surface area contributed by atoms with E-state index < -0.39 is 5.41 Å². The summed E-state index contributed by atoms with van der Waals surface area (Å²) >= 11 is 0. The van der Waals surface area contributed by atoms with Gasteiger partial charge in [-0.3, -0.25) is 4.79 Å². The average Bonchev–Trinajstić information content (AvgIpc) is 1.94. The summed E-state index contributed by atoms with van der Waals surface area (Å²) < 4.78 is 0. The zero-order chi connectivity index (χ0) is 7.90. The Kier molecular flexibility index (Phi) is 1.17. The maximum absolute atomic E-state index is 11.2. The summed E-state index contributed by atoms with van der Waals surface area (Å²) in [5.41, 5.74) is -0.394. The highest BCUT2D eigenvalue weighted by atomic mass is 16.1. The van der Waals surface area contributed by atoms with E-state index in [1.54, 1.807) is 0 Å². The van der Waals surface area contributed by atoms with E-state index in [9.17, 15) is 4.79 Å². The molecule has 11 heavy (non-hydrogen) atoms. The van der Waals surface area contributed by atoms with Gasteiger partial charge in [-0.05, 0) is 12.8 Å². The number of ketones is 1. The normalized spacial score (nSPS) is 40.6.